The Kier molecular flexibility index (Phi) is 5.96. The molecule has 0 bridgehead atoms. The van der Waals surface area contributed by atoms with Crippen LogP contribution in [0, 0.1) is 5.92 Å². The van der Waals surface area contributed by atoms with E-state index in [-0.39, 0.29) is 8.80 Å². The van der Waals surface area contributed by atoms with E-state index < -0.39 is 0 Å². The highest BCUT2D eigenvalue weighted by Gasteiger charge is 2.23. The lowest BCUT2D eigenvalue weighted by Gasteiger charge is -2.27. The Morgan fingerprint density at radius 3 is 2.39 bits per heavy atom. The summed E-state index contributed by atoms with van der Waals surface area (Å²) in [6, 6.07) is 12.1. The van der Waals surface area contributed by atoms with Crippen LogP contribution >= 0.6 is 15.9 Å². The Morgan fingerprint density at radius 1 is 1.11 bits per heavy atom. The lowest BCUT2D eigenvalue weighted by molar-refractivity contribution is 0.418. The van der Waals surface area contributed by atoms with Gasteiger partial charge in [0.2, 0.25) is 0 Å². The maximum Gasteiger partial charge on any atom is 0.0856 e. The van der Waals surface area contributed by atoms with Crippen LogP contribution in [0.5, 0.6) is 0 Å². The van der Waals surface area contributed by atoms with Crippen molar-refractivity contribution in [1.82, 2.24) is 0 Å². The molecule has 1 heterocycles. The predicted molar refractivity (Wildman–Crippen MR) is 86.0 cm³/mol. The third-order valence-electron chi connectivity index (χ3n) is 4.18. The Labute approximate surface area is 122 Å². The summed E-state index contributed by atoms with van der Waals surface area (Å²) >= 11 is 3.53. The quantitative estimate of drug-likeness (QED) is 0.519. The van der Waals surface area contributed by atoms with Gasteiger partial charge in [-0.15, -0.1) is 0 Å². The fourth-order valence-corrected chi connectivity index (χ4v) is 6.22. The molecule has 1 aliphatic rings. The zero-order valence-electron chi connectivity index (χ0n) is 11.4. The number of unbranched alkanes of at least 4 members (excludes halogenated alkanes) is 2. The van der Waals surface area contributed by atoms with Crippen LogP contribution in [0.2, 0.25) is 12.1 Å². The van der Waals surface area contributed by atoms with Gasteiger partial charge in [0.25, 0.3) is 0 Å². The highest BCUT2D eigenvalue weighted by molar-refractivity contribution is 9.10. The number of rotatable bonds is 5. The van der Waals surface area contributed by atoms with Crippen molar-refractivity contribution in [3.05, 3.63) is 28.7 Å². The Bertz CT molecular complexity index is 339. The van der Waals surface area contributed by atoms with Crippen LogP contribution in [0.25, 0.3) is 0 Å². The highest BCUT2D eigenvalue weighted by Crippen LogP contribution is 2.29. The monoisotopic (exact) mass is 323 g/mol. The van der Waals surface area contributed by atoms with Crippen molar-refractivity contribution in [3.63, 3.8) is 0 Å². The van der Waals surface area contributed by atoms with Crippen LogP contribution in [-0.4, -0.2) is 8.80 Å². The molecule has 0 amide bonds. The Balaban J connectivity index is 1.77. The number of hydrogen-bond acceptors (Lipinski definition) is 0. The molecule has 0 unspecified atom stereocenters. The van der Waals surface area contributed by atoms with Crippen molar-refractivity contribution in [2.75, 3.05) is 0 Å². The van der Waals surface area contributed by atoms with Crippen LogP contribution in [0.1, 0.15) is 45.4 Å². The minimum atomic E-state index is -0.225. The van der Waals surface area contributed by atoms with Crippen molar-refractivity contribution in [2.45, 2.75) is 57.5 Å². The molecule has 0 saturated carbocycles. The SMILES string of the molecule is CCCCCC1CC[Si](c2ccc(Br)cc2)CC1. The summed E-state index contributed by atoms with van der Waals surface area (Å²) in [5, 5.41) is 1.65. The maximum atomic E-state index is 3.53. The minimum Gasteiger partial charge on any atom is -0.0654 e. The first kappa shape index (κ1) is 14.3. The van der Waals surface area contributed by atoms with Crippen molar-refractivity contribution in [1.29, 1.82) is 0 Å². The largest absolute Gasteiger partial charge is 0.0856 e. The molecule has 0 aromatic heterocycles. The van der Waals surface area contributed by atoms with Crippen molar-refractivity contribution < 1.29 is 0 Å². The van der Waals surface area contributed by atoms with E-state index in [0.29, 0.717) is 0 Å². The average Bonchev–Trinajstić information content (AvgIpc) is 2.41. The van der Waals surface area contributed by atoms with E-state index in [1.165, 1.54) is 55.1 Å². The fraction of sp³-hybridized carbons (Fsp3) is 0.625. The molecule has 0 atom stereocenters. The average molecular weight is 324 g/mol. The van der Waals surface area contributed by atoms with Crippen molar-refractivity contribution >= 4 is 29.9 Å². The van der Waals surface area contributed by atoms with Gasteiger partial charge in [-0.25, -0.2) is 0 Å². The predicted octanol–water partition coefficient (Wildman–Crippen LogP) is 5.14. The van der Waals surface area contributed by atoms with Crippen LogP contribution in [0.4, 0.5) is 0 Å². The van der Waals surface area contributed by atoms with Gasteiger partial charge in [0.1, 0.15) is 0 Å². The molecule has 18 heavy (non-hydrogen) atoms. The second kappa shape index (κ2) is 7.49. The molecule has 0 spiro atoms. The molecule has 1 fully saturated rings. The molecule has 2 rings (SSSR count). The van der Waals surface area contributed by atoms with Crippen molar-refractivity contribution in [3.8, 4) is 0 Å². The molecule has 0 nitrogen and oxygen atoms in total. The van der Waals surface area contributed by atoms with Gasteiger partial charge in [0, 0.05) is 4.47 Å². The molecular formula is C16H24BrSi. The summed E-state index contributed by atoms with van der Waals surface area (Å²) in [7, 11) is -0.225. The summed E-state index contributed by atoms with van der Waals surface area (Å²) in [5.74, 6) is 1.04. The van der Waals surface area contributed by atoms with Gasteiger partial charge in [0.05, 0.1) is 8.80 Å². The van der Waals surface area contributed by atoms with E-state index in [0.717, 1.165) is 5.92 Å². The van der Waals surface area contributed by atoms with Gasteiger partial charge in [-0.2, -0.15) is 0 Å². The standard InChI is InChI=1S/C16H24BrSi/c1-2-3-4-5-14-10-12-18(13-11-14)16-8-6-15(17)7-9-16/h6-9,14H,2-5,10-13H2,1H3. The van der Waals surface area contributed by atoms with Crippen LogP contribution in [-0.2, 0) is 0 Å². The van der Waals surface area contributed by atoms with E-state index in [2.05, 4.69) is 47.1 Å². The zero-order valence-corrected chi connectivity index (χ0v) is 14.0. The summed E-state index contributed by atoms with van der Waals surface area (Å²) in [5.41, 5.74) is 0. The normalized spacial score (nSPS) is 18.1. The molecule has 0 aliphatic carbocycles. The molecule has 1 radical (unpaired) electrons. The van der Waals surface area contributed by atoms with Gasteiger partial charge in [-0.1, -0.05) is 90.8 Å². The summed E-state index contributed by atoms with van der Waals surface area (Å²) in [6.07, 6.45) is 8.73. The lowest BCUT2D eigenvalue weighted by Crippen LogP contribution is -2.33. The number of hydrogen-bond donors (Lipinski definition) is 0. The van der Waals surface area contributed by atoms with Crippen molar-refractivity contribution in [2.24, 2.45) is 5.92 Å². The fourth-order valence-electron chi connectivity index (χ4n) is 2.97. The second-order valence-electron chi connectivity index (χ2n) is 5.55. The third kappa shape index (κ3) is 4.24. The van der Waals surface area contributed by atoms with E-state index >= 15 is 0 Å². The van der Waals surface area contributed by atoms with E-state index in [1.807, 2.05) is 0 Å². The van der Waals surface area contributed by atoms with E-state index in [1.54, 1.807) is 5.19 Å². The highest BCUT2D eigenvalue weighted by atomic mass is 79.9. The lowest BCUT2D eigenvalue weighted by atomic mass is 9.96. The van der Waals surface area contributed by atoms with Gasteiger partial charge in [-0.3, -0.25) is 0 Å². The molecule has 1 aliphatic heterocycles. The molecule has 0 N–H and O–H groups in total. The molecule has 2 heteroatoms. The number of benzene rings is 1. The van der Waals surface area contributed by atoms with Gasteiger partial charge in [-0.05, 0) is 18.1 Å². The van der Waals surface area contributed by atoms with E-state index in [4.69, 9.17) is 0 Å². The Hall–Kier alpha value is -0.0831. The molecule has 1 aromatic carbocycles. The first-order chi connectivity index (χ1) is 8.79. The smallest absolute Gasteiger partial charge is 0.0654 e. The van der Waals surface area contributed by atoms with E-state index in [9.17, 15) is 0 Å². The van der Waals surface area contributed by atoms with Crippen LogP contribution in [0.15, 0.2) is 28.7 Å². The summed E-state index contributed by atoms with van der Waals surface area (Å²) < 4.78 is 1.21. The molecule has 1 saturated heterocycles. The molecule has 1 aromatic rings. The summed E-state index contributed by atoms with van der Waals surface area (Å²) in [4.78, 5) is 0. The van der Waals surface area contributed by atoms with Crippen LogP contribution in [0.3, 0.4) is 0 Å². The van der Waals surface area contributed by atoms with Gasteiger partial charge in [0.15, 0.2) is 0 Å². The topological polar surface area (TPSA) is 0 Å². The minimum absolute atomic E-state index is 0.225. The second-order valence-corrected chi connectivity index (χ2v) is 9.25. The molecular weight excluding hydrogens is 300 g/mol. The molecule has 99 valence electrons. The first-order valence-corrected chi connectivity index (χ1v) is 10.1. The van der Waals surface area contributed by atoms with Crippen LogP contribution < -0.4 is 5.19 Å². The first-order valence-electron chi connectivity index (χ1n) is 7.40. The third-order valence-corrected chi connectivity index (χ3v) is 7.64. The Morgan fingerprint density at radius 2 is 1.78 bits per heavy atom. The summed E-state index contributed by atoms with van der Waals surface area (Å²) in [6.45, 7) is 2.30. The number of halogens is 1. The van der Waals surface area contributed by atoms with Gasteiger partial charge < -0.3 is 0 Å². The zero-order chi connectivity index (χ0) is 12.8. The van der Waals surface area contributed by atoms with Gasteiger partial charge >= 0.3 is 0 Å². The maximum absolute atomic E-state index is 3.53.